The number of pyridine rings is 2. The molecule has 3 aromatic carbocycles. The van der Waals surface area contributed by atoms with Gasteiger partial charge in [0.05, 0.1) is 30.2 Å². The third-order valence-electron chi connectivity index (χ3n) is 8.27. The quantitative estimate of drug-likeness (QED) is 0.124. The number of nitrogens with zero attached hydrogens (tertiary/aromatic N) is 4. The summed E-state index contributed by atoms with van der Waals surface area (Å²) < 4.78 is 8.44. The molecule has 0 aliphatic carbocycles. The fourth-order valence-electron chi connectivity index (χ4n) is 6.21. The second kappa shape index (κ2) is 14.1. The summed E-state index contributed by atoms with van der Waals surface area (Å²) >= 11 is 0. The predicted octanol–water partition coefficient (Wildman–Crippen LogP) is 9.98. The van der Waals surface area contributed by atoms with E-state index in [0.717, 1.165) is 67.7 Å². The van der Waals surface area contributed by atoms with E-state index in [1.165, 1.54) is 10.8 Å². The van der Waals surface area contributed by atoms with Crippen molar-refractivity contribution < 1.29 is 24.5 Å². The van der Waals surface area contributed by atoms with Crippen LogP contribution in [0.4, 0.5) is 0 Å². The molecule has 0 saturated carbocycles. The molecule has 7 heteroatoms. The van der Waals surface area contributed by atoms with Crippen molar-refractivity contribution in [1.82, 2.24) is 19.5 Å². The molecule has 4 aromatic heterocycles. The van der Waals surface area contributed by atoms with Crippen molar-refractivity contribution in [2.24, 2.45) is 5.92 Å². The Morgan fingerprint density at radius 1 is 0.894 bits per heavy atom. The molecule has 0 spiro atoms. The summed E-state index contributed by atoms with van der Waals surface area (Å²) in [4.78, 5) is 14.1. The van der Waals surface area contributed by atoms with E-state index in [-0.39, 0.29) is 26.1 Å². The molecule has 0 aliphatic heterocycles. The fourth-order valence-corrected chi connectivity index (χ4v) is 7.80. The maximum Gasteiger partial charge on any atom is 0.119 e. The summed E-state index contributed by atoms with van der Waals surface area (Å²) in [6.45, 7) is 18.1. The van der Waals surface area contributed by atoms with E-state index in [1.54, 1.807) is 6.20 Å². The van der Waals surface area contributed by atoms with Crippen LogP contribution < -0.4 is 5.19 Å². The summed E-state index contributed by atoms with van der Waals surface area (Å²) in [5.74, 6) is 1.53. The van der Waals surface area contributed by atoms with Crippen LogP contribution in [0.2, 0.25) is 19.6 Å². The van der Waals surface area contributed by atoms with Crippen molar-refractivity contribution in [3.63, 3.8) is 0 Å². The van der Waals surface area contributed by atoms with Crippen molar-refractivity contribution in [3.8, 4) is 22.6 Å². The van der Waals surface area contributed by atoms with Crippen molar-refractivity contribution in [2.75, 3.05) is 0 Å². The molecule has 0 unspecified atom stereocenters. The second-order valence-electron chi connectivity index (χ2n) is 13.7. The van der Waals surface area contributed by atoms with E-state index in [2.05, 4.69) is 111 Å². The van der Waals surface area contributed by atoms with E-state index >= 15 is 0 Å². The van der Waals surface area contributed by atoms with Gasteiger partial charge in [-0.25, -0.2) is 0 Å². The fraction of sp³-hybridized carbons (Fsp3) is 0.275. The largest absolute Gasteiger partial charge is 0.513 e. The molecule has 0 fully saturated rings. The van der Waals surface area contributed by atoms with Crippen LogP contribution >= 0.6 is 0 Å². The molecule has 243 valence electrons. The summed E-state index contributed by atoms with van der Waals surface area (Å²) in [6.07, 6.45) is 4.96. The van der Waals surface area contributed by atoms with Crippen molar-refractivity contribution in [3.05, 3.63) is 108 Å². The molecule has 7 rings (SSSR count). The van der Waals surface area contributed by atoms with E-state index in [4.69, 9.17) is 9.40 Å². The first-order valence-electron chi connectivity index (χ1n) is 16.1. The molecule has 0 aliphatic rings. The van der Waals surface area contributed by atoms with Crippen LogP contribution in [0.25, 0.3) is 55.7 Å². The van der Waals surface area contributed by atoms with Crippen LogP contribution in [0.15, 0.2) is 89.6 Å². The first kappa shape index (κ1) is 34.4. The maximum absolute atomic E-state index is 6.20. The van der Waals surface area contributed by atoms with Gasteiger partial charge in [-0.15, -0.1) is 47.5 Å². The number of furan rings is 1. The average Bonchev–Trinajstić information content (AvgIpc) is 3.61. The number of hydrogen-bond donors (Lipinski definition) is 0. The SMILES string of the molecule is CC(C)Cc1cc(-c2[c-]cccc2)ncc1[Si](C)(C)C.Cc1cccc2oc3c(-c4nc5ccccc5n4C(C)C)[c-]cnc3c12.[Ir]. The molecule has 0 amide bonds. The zero-order valence-corrected chi connectivity index (χ0v) is 31.9. The first-order chi connectivity index (χ1) is 22.0. The predicted molar refractivity (Wildman–Crippen MR) is 194 cm³/mol. The molecule has 4 heterocycles. The number of fused-ring (bicyclic) bond motifs is 4. The Morgan fingerprint density at radius 2 is 1.66 bits per heavy atom. The van der Waals surface area contributed by atoms with Crippen LogP contribution in [-0.2, 0) is 26.5 Å². The molecular weight excluding hydrogens is 773 g/mol. The monoisotopic (exact) mass is 815 g/mol. The third-order valence-corrected chi connectivity index (χ3v) is 10.3. The van der Waals surface area contributed by atoms with Gasteiger partial charge < -0.3 is 14.0 Å². The van der Waals surface area contributed by atoms with E-state index < -0.39 is 8.07 Å². The van der Waals surface area contributed by atoms with Gasteiger partial charge in [0.25, 0.3) is 0 Å². The average molecular weight is 815 g/mol. The Balaban J connectivity index is 0.000000188. The Hall–Kier alpha value is -3.90. The molecule has 0 N–H and O–H groups in total. The topological polar surface area (TPSA) is 56.7 Å². The smallest absolute Gasteiger partial charge is 0.119 e. The van der Waals surface area contributed by atoms with Gasteiger partial charge in [0.2, 0.25) is 0 Å². The van der Waals surface area contributed by atoms with Gasteiger partial charge in [-0.2, -0.15) is 0 Å². The van der Waals surface area contributed by atoms with Gasteiger partial charge in [-0.1, -0.05) is 69.4 Å². The van der Waals surface area contributed by atoms with Gasteiger partial charge >= 0.3 is 0 Å². The molecular formula is C40H42IrN4OSi-2. The Morgan fingerprint density at radius 3 is 2.36 bits per heavy atom. The molecule has 47 heavy (non-hydrogen) atoms. The molecule has 0 bridgehead atoms. The van der Waals surface area contributed by atoms with E-state index in [1.807, 2.05) is 48.5 Å². The van der Waals surface area contributed by atoms with Crippen molar-refractivity contribution in [2.45, 2.75) is 66.7 Å². The molecule has 5 nitrogen and oxygen atoms in total. The number of para-hydroxylation sites is 2. The summed E-state index contributed by atoms with van der Waals surface area (Å²) in [7, 11) is -1.34. The summed E-state index contributed by atoms with van der Waals surface area (Å²) in [5.41, 5.74) is 10.2. The van der Waals surface area contributed by atoms with Crippen LogP contribution in [0.3, 0.4) is 0 Å². The normalized spacial score (nSPS) is 11.7. The number of rotatable bonds is 6. The third kappa shape index (κ3) is 7.03. The number of hydrogen-bond acceptors (Lipinski definition) is 4. The van der Waals surface area contributed by atoms with E-state index in [9.17, 15) is 0 Å². The number of aryl methyl sites for hydroxylation is 1. The van der Waals surface area contributed by atoms with Gasteiger partial charge in [0.15, 0.2) is 0 Å². The van der Waals surface area contributed by atoms with Gasteiger partial charge in [0, 0.05) is 43.6 Å². The van der Waals surface area contributed by atoms with Crippen LogP contribution in [0.5, 0.6) is 0 Å². The van der Waals surface area contributed by atoms with Crippen LogP contribution in [0, 0.1) is 25.0 Å². The van der Waals surface area contributed by atoms with Crippen molar-refractivity contribution >= 4 is 46.4 Å². The number of benzene rings is 3. The second-order valence-corrected chi connectivity index (χ2v) is 18.8. The first-order valence-corrected chi connectivity index (χ1v) is 19.6. The Labute approximate surface area is 292 Å². The van der Waals surface area contributed by atoms with Gasteiger partial charge in [0.1, 0.15) is 5.58 Å². The zero-order valence-electron chi connectivity index (χ0n) is 28.5. The van der Waals surface area contributed by atoms with Gasteiger partial charge in [-0.3, -0.25) is 9.97 Å². The minimum absolute atomic E-state index is 0. The van der Waals surface area contributed by atoms with Crippen LogP contribution in [0.1, 0.15) is 44.9 Å². The minimum atomic E-state index is -1.34. The van der Waals surface area contributed by atoms with Crippen LogP contribution in [-0.4, -0.2) is 27.6 Å². The summed E-state index contributed by atoms with van der Waals surface area (Å²) in [5, 5.41) is 2.55. The standard InChI is InChI=1S/C22H18N3O.C18H24NSi.Ir/c1-13(2)25-17-9-5-4-8-16(17)24-22(25)15-11-12-23-20-19-14(3)7-6-10-18(19)26-21(15)20;1-14(2)11-16-12-17(15-9-7-6-8-10-15)19-13-18(16)20(3,4)5;/h4-10,12-13H,1-3H3;6-9,12-14H,11H2,1-5H3;/q2*-1;. The van der Waals surface area contributed by atoms with Crippen molar-refractivity contribution in [1.29, 1.82) is 0 Å². The maximum atomic E-state index is 6.20. The Kier molecular flexibility index (Phi) is 10.3. The minimum Gasteiger partial charge on any atom is -0.513 e. The van der Waals surface area contributed by atoms with E-state index in [0.29, 0.717) is 5.92 Å². The molecule has 1 radical (unpaired) electrons. The zero-order chi connectivity index (χ0) is 32.6. The summed E-state index contributed by atoms with van der Waals surface area (Å²) in [6, 6.07) is 31.4. The Bertz CT molecular complexity index is 2140. The number of imidazole rings is 1. The molecule has 7 aromatic rings. The number of aromatic nitrogens is 4. The molecule has 0 atom stereocenters. The van der Waals surface area contributed by atoms with Gasteiger partial charge in [-0.05, 0) is 73.9 Å². The molecule has 0 saturated heterocycles.